The molecule has 2 N–H and O–H groups in total. The minimum Gasteiger partial charge on any atom is -0.444 e. The van der Waals surface area contributed by atoms with Crippen LogP contribution in [0.2, 0.25) is 0 Å². The summed E-state index contributed by atoms with van der Waals surface area (Å²) < 4.78 is 78.5. The molecule has 0 saturated carbocycles. The van der Waals surface area contributed by atoms with Gasteiger partial charge in [0.05, 0.1) is 6.61 Å². The summed E-state index contributed by atoms with van der Waals surface area (Å²) in [5, 5.41) is 12.7. The SMILES string of the molecule is CC#C[C@H]1CN(S(=O)(=O)c2ccc(NC(=O)OC(C)(C)C)nc2)CCN1c1ccc(C(O)(COC)C(F)(F)F)cc1. The first kappa shape index (κ1) is 32.1. The highest BCUT2D eigenvalue weighted by Crippen LogP contribution is 2.40. The van der Waals surface area contributed by atoms with Crippen LogP contribution in [0.15, 0.2) is 47.5 Å². The number of anilines is 2. The molecule has 224 valence electrons. The van der Waals surface area contributed by atoms with Crippen LogP contribution in [0, 0.1) is 11.8 Å². The van der Waals surface area contributed by atoms with Gasteiger partial charge in [-0.05, 0) is 57.5 Å². The van der Waals surface area contributed by atoms with Gasteiger partial charge in [-0.25, -0.2) is 18.2 Å². The third-order valence-electron chi connectivity index (χ3n) is 6.16. The number of nitrogens with zero attached hydrogens (tertiary/aromatic N) is 3. The third-order valence-corrected chi connectivity index (χ3v) is 8.00. The molecule has 1 unspecified atom stereocenters. The lowest BCUT2D eigenvalue weighted by Gasteiger charge is -2.40. The maximum absolute atomic E-state index is 13.6. The fraction of sp³-hybridized carbons (Fsp3) is 0.481. The number of methoxy groups -OCH3 is 1. The number of aromatic nitrogens is 1. The Morgan fingerprint density at radius 2 is 1.80 bits per heavy atom. The predicted molar refractivity (Wildman–Crippen MR) is 146 cm³/mol. The first-order valence-electron chi connectivity index (χ1n) is 12.6. The first-order chi connectivity index (χ1) is 19.0. The molecule has 2 atom stereocenters. The van der Waals surface area contributed by atoms with Crippen LogP contribution in [0.5, 0.6) is 0 Å². The van der Waals surface area contributed by atoms with Gasteiger partial charge >= 0.3 is 12.3 Å². The van der Waals surface area contributed by atoms with Crippen LogP contribution in [0.3, 0.4) is 0 Å². The highest BCUT2D eigenvalue weighted by molar-refractivity contribution is 7.89. The van der Waals surface area contributed by atoms with E-state index in [2.05, 4.69) is 26.9 Å². The van der Waals surface area contributed by atoms with Crippen molar-refractivity contribution in [2.45, 2.75) is 56.0 Å². The van der Waals surface area contributed by atoms with Crippen molar-refractivity contribution in [3.8, 4) is 11.8 Å². The van der Waals surface area contributed by atoms with E-state index in [0.29, 0.717) is 5.69 Å². The molecule has 0 spiro atoms. The van der Waals surface area contributed by atoms with Gasteiger partial charge in [0, 0.05) is 38.6 Å². The van der Waals surface area contributed by atoms with Crippen molar-refractivity contribution in [3.63, 3.8) is 0 Å². The van der Waals surface area contributed by atoms with Crippen molar-refractivity contribution < 1.29 is 41.0 Å². The van der Waals surface area contributed by atoms with Crippen molar-refractivity contribution in [2.75, 3.05) is 43.6 Å². The number of alkyl halides is 3. The Labute approximate surface area is 237 Å². The van der Waals surface area contributed by atoms with Crippen LogP contribution in [0.25, 0.3) is 0 Å². The normalized spacial score (nSPS) is 18.2. The number of pyridine rings is 1. The van der Waals surface area contributed by atoms with Crippen molar-refractivity contribution >= 4 is 27.6 Å². The van der Waals surface area contributed by atoms with Gasteiger partial charge in [-0.2, -0.15) is 17.5 Å². The number of ether oxygens (including phenoxy) is 2. The predicted octanol–water partition coefficient (Wildman–Crippen LogP) is 3.73. The van der Waals surface area contributed by atoms with Crippen LogP contribution in [-0.4, -0.2) is 80.1 Å². The number of halogens is 3. The summed E-state index contributed by atoms with van der Waals surface area (Å²) in [5.74, 6) is 5.86. The Hall–Kier alpha value is -3.38. The summed E-state index contributed by atoms with van der Waals surface area (Å²) in [6.45, 7) is 6.00. The number of hydrogen-bond donors (Lipinski definition) is 2. The summed E-state index contributed by atoms with van der Waals surface area (Å²) in [7, 11) is -2.91. The van der Waals surface area contributed by atoms with Gasteiger partial charge in [0.1, 0.15) is 22.4 Å². The van der Waals surface area contributed by atoms with E-state index in [1.165, 1.54) is 40.7 Å². The summed E-state index contributed by atoms with van der Waals surface area (Å²) in [6, 6.07) is 7.26. The molecule has 1 aliphatic heterocycles. The highest BCUT2D eigenvalue weighted by atomic mass is 32.2. The van der Waals surface area contributed by atoms with Gasteiger partial charge in [-0.15, -0.1) is 5.92 Å². The molecule has 0 aliphatic carbocycles. The topological polar surface area (TPSA) is 121 Å². The van der Waals surface area contributed by atoms with Gasteiger partial charge in [0.25, 0.3) is 0 Å². The van der Waals surface area contributed by atoms with E-state index in [-0.39, 0.29) is 35.9 Å². The fourth-order valence-electron chi connectivity index (χ4n) is 4.21. The lowest BCUT2D eigenvalue weighted by atomic mass is 9.93. The minimum absolute atomic E-state index is 0.0149. The lowest BCUT2D eigenvalue weighted by Crippen LogP contribution is -2.54. The van der Waals surface area contributed by atoms with E-state index in [1.807, 2.05) is 0 Å². The molecule has 1 aromatic carbocycles. The molecular weight excluding hydrogens is 565 g/mol. The number of piperazine rings is 1. The Kier molecular flexibility index (Phi) is 9.59. The van der Waals surface area contributed by atoms with Gasteiger partial charge in [-0.1, -0.05) is 18.1 Å². The fourth-order valence-corrected chi connectivity index (χ4v) is 5.59. The number of aliphatic hydroxyl groups is 1. The number of carbonyl (C=O) groups is 1. The van der Waals surface area contributed by atoms with Crippen LogP contribution >= 0.6 is 0 Å². The molecule has 2 aromatic rings. The second-order valence-electron chi connectivity index (χ2n) is 10.3. The summed E-state index contributed by atoms with van der Waals surface area (Å²) in [6.07, 6.45) is -4.55. The number of benzene rings is 1. The van der Waals surface area contributed by atoms with Gasteiger partial charge in [0.2, 0.25) is 15.6 Å². The Morgan fingerprint density at radius 1 is 1.15 bits per heavy atom. The molecule has 1 aromatic heterocycles. The van der Waals surface area contributed by atoms with E-state index < -0.39 is 46.1 Å². The zero-order chi connectivity index (χ0) is 30.6. The quantitative estimate of drug-likeness (QED) is 0.463. The second-order valence-corrected chi connectivity index (χ2v) is 12.2. The van der Waals surface area contributed by atoms with E-state index in [1.54, 1.807) is 32.6 Å². The van der Waals surface area contributed by atoms with E-state index in [4.69, 9.17) is 4.74 Å². The highest BCUT2D eigenvalue weighted by Gasteiger charge is 2.55. The van der Waals surface area contributed by atoms with Crippen LogP contribution in [0.1, 0.15) is 33.3 Å². The molecule has 3 rings (SSSR count). The summed E-state index contributed by atoms with van der Waals surface area (Å²) >= 11 is 0. The molecule has 1 amide bonds. The standard InChI is InChI=1S/C27H33F3N4O6S/c1-6-7-21-17-33(41(37,38)22-12-13-23(31-16-22)32-24(35)40-25(2,3)4)14-15-34(21)20-10-8-19(9-11-20)26(36,18-39-5)27(28,29)30/h8-13,16,21,36H,14-15,17-18H2,1-5H3,(H,31,32,35)/t21-,26?/m0/s1. The Morgan fingerprint density at radius 3 is 2.32 bits per heavy atom. The number of hydrogen-bond acceptors (Lipinski definition) is 8. The molecule has 1 fully saturated rings. The lowest BCUT2D eigenvalue weighted by molar-refractivity contribution is -0.280. The largest absolute Gasteiger partial charge is 0.444 e. The Bertz CT molecular complexity index is 1380. The van der Waals surface area contributed by atoms with E-state index in [9.17, 15) is 31.5 Å². The van der Waals surface area contributed by atoms with Crippen molar-refractivity contribution in [1.82, 2.24) is 9.29 Å². The molecule has 10 nitrogen and oxygen atoms in total. The molecule has 0 radical (unpaired) electrons. The van der Waals surface area contributed by atoms with Crippen LogP contribution in [-0.2, 0) is 25.1 Å². The molecule has 14 heteroatoms. The molecule has 41 heavy (non-hydrogen) atoms. The van der Waals surface area contributed by atoms with E-state index >= 15 is 0 Å². The van der Waals surface area contributed by atoms with Crippen LogP contribution < -0.4 is 10.2 Å². The number of carbonyl (C=O) groups excluding carboxylic acids is 1. The van der Waals surface area contributed by atoms with Gasteiger partial charge in [-0.3, -0.25) is 5.32 Å². The number of sulfonamides is 1. The smallest absolute Gasteiger partial charge is 0.423 e. The third kappa shape index (κ3) is 7.48. The Balaban J connectivity index is 1.77. The summed E-state index contributed by atoms with van der Waals surface area (Å²) in [5.41, 5.74) is -3.76. The molecule has 2 heterocycles. The molecular formula is C27H33F3N4O6S. The minimum atomic E-state index is -4.96. The number of nitrogens with one attached hydrogen (secondary N) is 1. The average molecular weight is 599 g/mol. The van der Waals surface area contributed by atoms with E-state index in [0.717, 1.165) is 13.3 Å². The molecule has 1 saturated heterocycles. The average Bonchev–Trinajstić information content (AvgIpc) is 2.87. The zero-order valence-electron chi connectivity index (χ0n) is 23.3. The van der Waals surface area contributed by atoms with Crippen molar-refractivity contribution in [1.29, 1.82) is 0 Å². The summed E-state index contributed by atoms with van der Waals surface area (Å²) in [4.78, 5) is 17.7. The maximum atomic E-state index is 13.6. The van der Waals surface area contributed by atoms with Gasteiger partial charge < -0.3 is 19.5 Å². The maximum Gasteiger partial charge on any atom is 0.423 e. The van der Waals surface area contributed by atoms with Crippen molar-refractivity contribution in [2.24, 2.45) is 0 Å². The number of rotatable bonds is 7. The van der Waals surface area contributed by atoms with Gasteiger partial charge in [0.15, 0.2) is 0 Å². The molecule has 1 aliphatic rings. The molecule has 0 bridgehead atoms. The number of amides is 1. The van der Waals surface area contributed by atoms with Crippen molar-refractivity contribution in [3.05, 3.63) is 48.2 Å². The zero-order valence-corrected chi connectivity index (χ0v) is 24.1. The van der Waals surface area contributed by atoms with Crippen LogP contribution in [0.4, 0.5) is 29.5 Å². The second kappa shape index (κ2) is 12.2. The monoisotopic (exact) mass is 598 g/mol. The first-order valence-corrected chi connectivity index (χ1v) is 14.0.